The maximum absolute atomic E-state index is 12.1. The van der Waals surface area contributed by atoms with Gasteiger partial charge in [-0.25, -0.2) is 13.1 Å². The minimum Gasteiger partial charge on any atom is -0.355 e. The Hall–Kier alpha value is -1.40. The van der Waals surface area contributed by atoms with Crippen LogP contribution in [0.5, 0.6) is 0 Å². The zero-order chi connectivity index (χ0) is 16.9. The van der Waals surface area contributed by atoms with Crippen LogP contribution < -0.4 is 10.0 Å². The van der Waals surface area contributed by atoms with Gasteiger partial charge in [-0.1, -0.05) is 37.5 Å². The van der Waals surface area contributed by atoms with E-state index in [1.165, 1.54) is 12.8 Å². The van der Waals surface area contributed by atoms with Gasteiger partial charge in [-0.2, -0.15) is 0 Å². The molecular weight excluding hydrogens is 312 g/mol. The van der Waals surface area contributed by atoms with E-state index < -0.39 is 10.0 Å². The minimum absolute atomic E-state index is 0.178. The Kier molecular flexibility index (Phi) is 6.18. The Morgan fingerprint density at radius 1 is 1.13 bits per heavy atom. The van der Waals surface area contributed by atoms with E-state index in [2.05, 4.69) is 17.0 Å². The summed E-state index contributed by atoms with van der Waals surface area (Å²) in [5.74, 6) is 1.02. The first-order valence-corrected chi connectivity index (χ1v) is 9.68. The van der Waals surface area contributed by atoms with Crippen molar-refractivity contribution < 1.29 is 13.2 Å². The van der Waals surface area contributed by atoms with Crippen molar-refractivity contribution in [2.45, 2.75) is 44.4 Å². The first-order valence-electron chi connectivity index (χ1n) is 8.20. The van der Waals surface area contributed by atoms with Crippen LogP contribution in [0.4, 0.5) is 0 Å². The van der Waals surface area contributed by atoms with Gasteiger partial charge < -0.3 is 5.32 Å². The van der Waals surface area contributed by atoms with Gasteiger partial charge in [-0.05, 0) is 43.7 Å². The van der Waals surface area contributed by atoms with Crippen molar-refractivity contribution in [3.8, 4) is 0 Å². The number of hydrogen-bond donors (Lipinski definition) is 2. The molecule has 0 atom stereocenters. The van der Waals surface area contributed by atoms with Gasteiger partial charge in [-0.3, -0.25) is 4.79 Å². The van der Waals surface area contributed by atoms with Gasteiger partial charge in [0.25, 0.3) is 0 Å². The summed E-state index contributed by atoms with van der Waals surface area (Å²) < 4.78 is 26.5. The molecular formula is C17H26N2O3S. The molecule has 128 valence electrons. The Morgan fingerprint density at radius 2 is 1.74 bits per heavy atom. The highest BCUT2D eigenvalue weighted by molar-refractivity contribution is 7.89. The molecule has 5 nitrogen and oxygen atoms in total. The number of sulfonamides is 1. The second-order valence-electron chi connectivity index (χ2n) is 6.57. The summed E-state index contributed by atoms with van der Waals surface area (Å²) >= 11 is 0. The highest BCUT2D eigenvalue weighted by atomic mass is 32.2. The molecule has 0 heterocycles. The topological polar surface area (TPSA) is 75.3 Å². The minimum atomic E-state index is -3.63. The van der Waals surface area contributed by atoms with Gasteiger partial charge >= 0.3 is 0 Å². The third-order valence-electron chi connectivity index (χ3n) is 4.48. The van der Waals surface area contributed by atoms with Gasteiger partial charge in [0.05, 0.1) is 11.4 Å². The number of hydrogen-bond acceptors (Lipinski definition) is 3. The smallest absolute Gasteiger partial charge is 0.241 e. The average molecular weight is 338 g/mol. The molecule has 23 heavy (non-hydrogen) atoms. The van der Waals surface area contributed by atoms with Crippen LogP contribution in [0.15, 0.2) is 29.2 Å². The fraction of sp³-hybridized carbons (Fsp3) is 0.588. The zero-order valence-electron chi connectivity index (χ0n) is 13.8. The molecule has 1 aliphatic carbocycles. The van der Waals surface area contributed by atoms with E-state index in [-0.39, 0.29) is 17.3 Å². The summed E-state index contributed by atoms with van der Waals surface area (Å²) in [4.78, 5) is 12.0. The lowest BCUT2D eigenvalue weighted by atomic mass is 9.83. The number of carbonyl (C=O) groups excluding carboxylic acids is 1. The van der Waals surface area contributed by atoms with E-state index >= 15 is 0 Å². The third-order valence-corrected chi connectivity index (χ3v) is 5.89. The van der Waals surface area contributed by atoms with E-state index in [1.54, 1.807) is 24.3 Å². The zero-order valence-corrected chi connectivity index (χ0v) is 14.7. The molecule has 0 bridgehead atoms. The van der Waals surface area contributed by atoms with Crippen LogP contribution in [0.25, 0.3) is 0 Å². The normalized spacial score (nSPS) is 21.8. The van der Waals surface area contributed by atoms with Crippen molar-refractivity contribution in [3.63, 3.8) is 0 Å². The van der Waals surface area contributed by atoms with Gasteiger partial charge in [0, 0.05) is 6.54 Å². The van der Waals surface area contributed by atoms with Crippen LogP contribution in [-0.2, 0) is 14.8 Å². The summed E-state index contributed by atoms with van der Waals surface area (Å²) in [6.45, 7) is 4.56. The average Bonchev–Trinajstić information content (AvgIpc) is 2.53. The standard InChI is InChI=1S/C17H26N2O3S/c1-13-3-7-15(8-4-13)11-18-17(20)12-19-23(21,22)16-9-5-14(2)6-10-16/h5-6,9-10,13,15,19H,3-4,7-8,11-12H2,1-2H3,(H,18,20). The lowest BCUT2D eigenvalue weighted by molar-refractivity contribution is -0.120. The molecule has 6 heteroatoms. The van der Waals surface area contributed by atoms with Gasteiger partial charge in [0.1, 0.15) is 0 Å². The quantitative estimate of drug-likeness (QED) is 0.835. The molecule has 0 aliphatic heterocycles. The van der Waals surface area contributed by atoms with Crippen molar-refractivity contribution in [3.05, 3.63) is 29.8 Å². The van der Waals surface area contributed by atoms with Crippen LogP contribution >= 0.6 is 0 Å². The summed E-state index contributed by atoms with van der Waals surface area (Å²) in [7, 11) is -3.63. The molecule has 0 aromatic heterocycles. The van der Waals surface area contributed by atoms with E-state index in [4.69, 9.17) is 0 Å². The summed E-state index contributed by atoms with van der Waals surface area (Å²) in [6.07, 6.45) is 4.69. The predicted molar refractivity (Wildman–Crippen MR) is 90.5 cm³/mol. The number of aryl methyl sites for hydroxylation is 1. The first kappa shape index (κ1) is 17.9. The van der Waals surface area contributed by atoms with Gasteiger partial charge in [0.15, 0.2) is 0 Å². The molecule has 0 saturated heterocycles. The molecule has 1 amide bonds. The number of nitrogens with one attached hydrogen (secondary N) is 2. The Labute approximate surface area is 138 Å². The predicted octanol–water partition coefficient (Wildman–Crippen LogP) is 2.22. The summed E-state index contributed by atoms with van der Waals surface area (Å²) in [5, 5.41) is 2.83. The van der Waals surface area contributed by atoms with Crippen molar-refractivity contribution in [2.75, 3.05) is 13.1 Å². The lowest BCUT2D eigenvalue weighted by Gasteiger charge is -2.26. The second kappa shape index (κ2) is 7.93. The summed E-state index contributed by atoms with van der Waals surface area (Å²) in [6, 6.07) is 6.55. The molecule has 1 fully saturated rings. The third kappa shape index (κ3) is 5.62. The second-order valence-corrected chi connectivity index (χ2v) is 8.33. The number of amides is 1. The molecule has 0 unspecified atom stereocenters. The lowest BCUT2D eigenvalue weighted by Crippen LogP contribution is -2.39. The fourth-order valence-corrected chi connectivity index (χ4v) is 3.80. The van der Waals surface area contributed by atoms with Crippen molar-refractivity contribution in [1.82, 2.24) is 10.0 Å². The maximum atomic E-state index is 12.1. The molecule has 2 rings (SSSR count). The largest absolute Gasteiger partial charge is 0.355 e. The number of carbonyl (C=O) groups is 1. The monoisotopic (exact) mass is 338 g/mol. The first-order chi connectivity index (χ1) is 10.9. The van der Waals surface area contributed by atoms with Crippen molar-refractivity contribution >= 4 is 15.9 Å². The molecule has 0 spiro atoms. The van der Waals surface area contributed by atoms with Crippen LogP contribution in [-0.4, -0.2) is 27.4 Å². The Morgan fingerprint density at radius 3 is 2.35 bits per heavy atom. The van der Waals surface area contributed by atoms with Gasteiger partial charge in [-0.15, -0.1) is 0 Å². The van der Waals surface area contributed by atoms with Crippen LogP contribution in [0.3, 0.4) is 0 Å². The number of benzene rings is 1. The molecule has 1 saturated carbocycles. The van der Waals surface area contributed by atoms with E-state index in [9.17, 15) is 13.2 Å². The Balaban J connectivity index is 1.76. The highest BCUT2D eigenvalue weighted by Crippen LogP contribution is 2.27. The van der Waals surface area contributed by atoms with Gasteiger partial charge in [0.2, 0.25) is 15.9 Å². The molecule has 1 aliphatic rings. The highest BCUT2D eigenvalue weighted by Gasteiger charge is 2.19. The van der Waals surface area contributed by atoms with Crippen LogP contribution in [0.1, 0.15) is 38.2 Å². The molecule has 0 radical (unpaired) electrons. The molecule has 1 aromatic carbocycles. The maximum Gasteiger partial charge on any atom is 0.241 e. The molecule has 2 N–H and O–H groups in total. The number of rotatable bonds is 6. The van der Waals surface area contributed by atoms with E-state index in [1.807, 2.05) is 6.92 Å². The van der Waals surface area contributed by atoms with Crippen LogP contribution in [0.2, 0.25) is 0 Å². The van der Waals surface area contributed by atoms with Crippen molar-refractivity contribution in [1.29, 1.82) is 0 Å². The van der Waals surface area contributed by atoms with Crippen LogP contribution in [0, 0.1) is 18.8 Å². The summed E-state index contributed by atoms with van der Waals surface area (Å²) in [5.41, 5.74) is 0.989. The molecule has 1 aromatic rings. The fourth-order valence-electron chi connectivity index (χ4n) is 2.82. The SMILES string of the molecule is Cc1ccc(S(=O)(=O)NCC(=O)NCC2CCC(C)CC2)cc1. The van der Waals surface area contributed by atoms with E-state index in [0.717, 1.165) is 24.3 Å². The van der Waals surface area contributed by atoms with Crippen molar-refractivity contribution in [2.24, 2.45) is 11.8 Å². The Bertz CT molecular complexity index is 618. The van der Waals surface area contributed by atoms with E-state index in [0.29, 0.717) is 12.5 Å².